The van der Waals surface area contributed by atoms with E-state index in [1.54, 1.807) is 24.3 Å². The number of H-pyrrole nitrogens is 1. The van der Waals surface area contributed by atoms with Gasteiger partial charge in [-0.15, -0.1) is 10.2 Å². The summed E-state index contributed by atoms with van der Waals surface area (Å²) < 4.78 is 11.6. The first kappa shape index (κ1) is 15.6. The van der Waals surface area contributed by atoms with Crippen LogP contribution in [0.2, 0.25) is 0 Å². The third kappa shape index (κ3) is 3.10. The summed E-state index contributed by atoms with van der Waals surface area (Å²) in [6, 6.07) is 8.90. The summed E-state index contributed by atoms with van der Waals surface area (Å²) in [7, 11) is 0. The molecule has 0 amide bonds. The van der Waals surface area contributed by atoms with Crippen LogP contribution in [0, 0.1) is 17.8 Å². The van der Waals surface area contributed by atoms with Crippen molar-refractivity contribution in [2.75, 3.05) is 0 Å². The van der Waals surface area contributed by atoms with Gasteiger partial charge in [-0.3, -0.25) is 0 Å². The first-order valence-electron chi connectivity index (χ1n) is 7.72. The minimum absolute atomic E-state index is 0.0702. The molecule has 1 fully saturated rings. The van der Waals surface area contributed by atoms with E-state index >= 15 is 0 Å². The first-order chi connectivity index (χ1) is 11.1. The Morgan fingerprint density at radius 3 is 2.52 bits per heavy atom. The van der Waals surface area contributed by atoms with Crippen molar-refractivity contribution in [1.29, 1.82) is 0 Å². The fraction of sp³-hybridized carbons (Fsp3) is 0.500. The van der Waals surface area contributed by atoms with Crippen molar-refractivity contribution in [2.24, 2.45) is 17.8 Å². The number of carbonyl (C=O) groups is 1. The van der Waals surface area contributed by atoms with Gasteiger partial charge in [0.2, 0.25) is 12.1 Å². The summed E-state index contributed by atoms with van der Waals surface area (Å²) in [5, 5.41) is 14.0. The number of rotatable bonds is 3. The molecule has 1 N–H and O–H groups in total. The fourth-order valence-corrected chi connectivity index (χ4v) is 2.86. The lowest BCUT2D eigenvalue weighted by Crippen LogP contribution is -2.43. The number of tetrazole rings is 1. The highest BCUT2D eigenvalue weighted by molar-refractivity contribution is 5.89. The van der Waals surface area contributed by atoms with Gasteiger partial charge in [0.05, 0.1) is 5.56 Å². The molecule has 7 nitrogen and oxygen atoms in total. The van der Waals surface area contributed by atoms with Gasteiger partial charge in [-0.25, -0.2) is 4.79 Å². The number of ether oxygens (including phenoxy) is 2. The number of nitrogens with one attached hydrogen (secondary N) is 1. The van der Waals surface area contributed by atoms with Crippen molar-refractivity contribution in [2.45, 2.75) is 33.2 Å². The zero-order valence-electron chi connectivity index (χ0n) is 13.3. The monoisotopic (exact) mass is 316 g/mol. The van der Waals surface area contributed by atoms with Gasteiger partial charge in [-0.2, -0.15) is 5.21 Å². The van der Waals surface area contributed by atoms with Crippen LogP contribution in [0.4, 0.5) is 0 Å². The molecule has 0 bridgehead atoms. The van der Waals surface area contributed by atoms with E-state index in [-0.39, 0.29) is 23.9 Å². The van der Waals surface area contributed by atoms with Gasteiger partial charge in [0.15, 0.2) is 0 Å². The predicted molar refractivity (Wildman–Crippen MR) is 81.1 cm³/mol. The molecule has 1 aliphatic heterocycles. The fourth-order valence-electron chi connectivity index (χ4n) is 2.86. The number of hydrogen-bond donors (Lipinski definition) is 1. The molecular weight excluding hydrogens is 296 g/mol. The lowest BCUT2D eigenvalue weighted by atomic mass is 9.78. The summed E-state index contributed by atoms with van der Waals surface area (Å²) in [5.74, 6) is 0.629. The van der Waals surface area contributed by atoms with Crippen molar-refractivity contribution in [3.63, 3.8) is 0 Å². The molecule has 5 atom stereocenters. The Hall–Kier alpha value is -2.28. The molecule has 0 spiro atoms. The topological polar surface area (TPSA) is 90.0 Å². The summed E-state index contributed by atoms with van der Waals surface area (Å²) in [4.78, 5) is 12.3. The molecular formula is C16H20N4O3. The second kappa shape index (κ2) is 6.45. The van der Waals surface area contributed by atoms with Crippen LogP contribution in [0.3, 0.4) is 0 Å². The molecule has 23 heavy (non-hydrogen) atoms. The van der Waals surface area contributed by atoms with Crippen molar-refractivity contribution in [3.05, 3.63) is 41.7 Å². The van der Waals surface area contributed by atoms with E-state index in [1.807, 2.05) is 13.0 Å². The van der Waals surface area contributed by atoms with Crippen LogP contribution in [0.15, 0.2) is 30.3 Å². The number of hydrogen-bond acceptors (Lipinski definition) is 6. The average molecular weight is 316 g/mol. The van der Waals surface area contributed by atoms with Crippen LogP contribution in [-0.2, 0) is 9.47 Å². The van der Waals surface area contributed by atoms with Gasteiger partial charge in [0.1, 0.15) is 6.10 Å². The second-order valence-corrected chi connectivity index (χ2v) is 6.04. The molecule has 3 unspecified atom stereocenters. The summed E-state index contributed by atoms with van der Waals surface area (Å²) in [5.41, 5.74) is 0.505. The van der Waals surface area contributed by atoms with Gasteiger partial charge in [0, 0.05) is 5.92 Å². The number of aromatic nitrogens is 4. The van der Waals surface area contributed by atoms with Crippen molar-refractivity contribution < 1.29 is 14.3 Å². The largest absolute Gasteiger partial charge is 0.432 e. The third-order valence-electron chi connectivity index (χ3n) is 4.70. The minimum atomic E-state index is -0.641. The Balaban J connectivity index is 1.77. The zero-order chi connectivity index (χ0) is 16.4. The second-order valence-electron chi connectivity index (χ2n) is 6.04. The average Bonchev–Trinajstić information content (AvgIpc) is 3.10. The SMILES string of the molecule is CC1C(OC(=O)c2ccccc2)OC(c2nn[nH]n2)[C@H](C)[C@@H]1C. The van der Waals surface area contributed by atoms with Crippen molar-refractivity contribution >= 4 is 5.97 Å². The standard InChI is InChI=1S/C16H20N4O3/c1-9-10(2)13(14-17-19-20-18-14)22-16(11(9)3)23-15(21)12-7-5-4-6-8-12/h4-11,13,16H,1-3H3,(H,17,18,19,20)/t9-,10+,11?,13?,16?/m0/s1. The molecule has 1 aromatic carbocycles. The van der Waals surface area contributed by atoms with E-state index in [2.05, 4.69) is 34.5 Å². The maximum atomic E-state index is 12.3. The van der Waals surface area contributed by atoms with E-state index in [0.29, 0.717) is 11.4 Å². The lowest BCUT2D eigenvalue weighted by Gasteiger charge is -2.41. The molecule has 2 heterocycles. The van der Waals surface area contributed by atoms with Crippen LogP contribution in [0.25, 0.3) is 0 Å². The van der Waals surface area contributed by atoms with E-state index < -0.39 is 12.3 Å². The third-order valence-corrected chi connectivity index (χ3v) is 4.70. The Bertz CT molecular complexity index is 647. The molecule has 3 rings (SSSR count). The zero-order valence-corrected chi connectivity index (χ0v) is 13.3. The van der Waals surface area contributed by atoms with E-state index in [1.165, 1.54) is 0 Å². The molecule has 0 saturated carbocycles. The number of benzene rings is 1. The molecule has 2 aromatic rings. The molecule has 1 saturated heterocycles. The van der Waals surface area contributed by atoms with Crippen LogP contribution in [-0.4, -0.2) is 32.9 Å². The van der Waals surface area contributed by atoms with Gasteiger partial charge >= 0.3 is 5.97 Å². The molecule has 1 aliphatic rings. The van der Waals surface area contributed by atoms with Gasteiger partial charge in [-0.1, -0.05) is 44.2 Å². The van der Waals surface area contributed by atoms with Gasteiger partial charge in [-0.05, 0) is 24.0 Å². The summed E-state index contributed by atoms with van der Waals surface area (Å²) >= 11 is 0. The summed E-state index contributed by atoms with van der Waals surface area (Å²) in [6.07, 6.45) is -0.995. The maximum Gasteiger partial charge on any atom is 0.340 e. The minimum Gasteiger partial charge on any atom is -0.432 e. The lowest BCUT2D eigenvalue weighted by molar-refractivity contribution is -0.229. The smallest absolute Gasteiger partial charge is 0.340 e. The van der Waals surface area contributed by atoms with Crippen molar-refractivity contribution in [1.82, 2.24) is 20.6 Å². The first-order valence-corrected chi connectivity index (χ1v) is 7.72. The Kier molecular flexibility index (Phi) is 4.38. The van der Waals surface area contributed by atoms with E-state index in [4.69, 9.17) is 9.47 Å². The Morgan fingerprint density at radius 1 is 1.13 bits per heavy atom. The molecule has 122 valence electrons. The van der Waals surface area contributed by atoms with Crippen LogP contribution < -0.4 is 0 Å². The highest BCUT2D eigenvalue weighted by Crippen LogP contribution is 2.41. The molecule has 1 aromatic heterocycles. The number of carbonyl (C=O) groups excluding carboxylic acids is 1. The Labute approximate surface area is 134 Å². The number of aromatic amines is 1. The van der Waals surface area contributed by atoms with Gasteiger partial charge < -0.3 is 9.47 Å². The molecule has 0 aliphatic carbocycles. The highest BCUT2D eigenvalue weighted by Gasteiger charge is 2.43. The van der Waals surface area contributed by atoms with Crippen LogP contribution >= 0.6 is 0 Å². The number of esters is 1. The Morgan fingerprint density at radius 2 is 1.87 bits per heavy atom. The van der Waals surface area contributed by atoms with Crippen molar-refractivity contribution in [3.8, 4) is 0 Å². The van der Waals surface area contributed by atoms with E-state index in [0.717, 1.165) is 0 Å². The van der Waals surface area contributed by atoms with Gasteiger partial charge in [0.25, 0.3) is 0 Å². The quantitative estimate of drug-likeness (QED) is 0.874. The maximum absolute atomic E-state index is 12.3. The number of nitrogens with zero attached hydrogens (tertiary/aromatic N) is 3. The van der Waals surface area contributed by atoms with Crippen LogP contribution in [0.1, 0.15) is 43.1 Å². The molecule has 7 heteroatoms. The van der Waals surface area contributed by atoms with E-state index in [9.17, 15) is 4.79 Å². The molecule has 0 radical (unpaired) electrons. The normalized spacial score (nSPS) is 30.8. The predicted octanol–water partition coefficient (Wildman–Crippen LogP) is 2.36. The van der Waals surface area contributed by atoms with Crippen LogP contribution in [0.5, 0.6) is 0 Å². The summed E-state index contributed by atoms with van der Waals surface area (Å²) in [6.45, 7) is 6.22. The highest BCUT2D eigenvalue weighted by atomic mass is 16.7.